The zero-order chi connectivity index (χ0) is 20.1. The van der Waals surface area contributed by atoms with Crippen LogP contribution >= 0.6 is 34.4 Å². The highest BCUT2D eigenvalue weighted by Gasteiger charge is 2.28. The Labute approximate surface area is 174 Å². The molecule has 11 heteroatoms. The van der Waals surface area contributed by atoms with Gasteiger partial charge in [0.2, 0.25) is 16.9 Å². The first kappa shape index (κ1) is 20.7. The molecule has 150 valence electrons. The summed E-state index contributed by atoms with van der Waals surface area (Å²) in [5.74, 6) is -0.626. The average Bonchev–Trinajstić information content (AvgIpc) is 3.36. The van der Waals surface area contributed by atoms with Crippen molar-refractivity contribution in [3.05, 3.63) is 16.0 Å². The minimum Gasteiger partial charge on any atom is -0.462 e. The number of nitrogens with zero attached hydrogens (tertiary/aromatic N) is 2. The number of fused-ring (bicyclic) bond motifs is 1. The second-order valence-electron chi connectivity index (χ2n) is 5.89. The van der Waals surface area contributed by atoms with Crippen LogP contribution in [0, 0.1) is 0 Å². The Kier molecular flexibility index (Phi) is 7.03. The number of anilines is 2. The maximum atomic E-state index is 12.4. The number of carbonyl (C=O) groups excluding carboxylic acids is 3. The zero-order valence-electron chi connectivity index (χ0n) is 15.5. The number of ether oxygens (including phenoxy) is 1. The van der Waals surface area contributed by atoms with Gasteiger partial charge in [-0.15, -0.1) is 21.5 Å². The predicted molar refractivity (Wildman–Crippen MR) is 110 cm³/mol. The topological polar surface area (TPSA) is 110 Å². The molecule has 2 heterocycles. The van der Waals surface area contributed by atoms with Crippen molar-refractivity contribution in [1.82, 2.24) is 10.2 Å². The fourth-order valence-corrected chi connectivity index (χ4v) is 5.59. The number of thiophene rings is 1. The van der Waals surface area contributed by atoms with Crippen molar-refractivity contribution in [2.45, 2.75) is 43.9 Å². The summed E-state index contributed by atoms with van der Waals surface area (Å²) in [5.41, 5.74) is 1.50. The standard InChI is InChI=1S/C17H20N4O4S3/c1-3-11(22)19-16-20-21-17(28-16)26-8-12(23)18-14-13(15(24)25-4-2)9-6-5-7-10(9)27-14/h3-8H2,1-2H3,(H,18,23)(H,19,20,22). The molecule has 0 radical (unpaired) electrons. The van der Waals surface area contributed by atoms with Crippen molar-refractivity contribution in [2.75, 3.05) is 23.0 Å². The van der Waals surface area contributed by atoms with Crippen LogP contribution in [0.1, 0.15) is 47.5 Å². The van der Waals surface area contributed by atoms with E-state index < -0.39 is 0 Å². The monoisotopic (exact) mass is 440 g/mol. The highest BCUT2D eigenvalue weighted by Crippen LogP contribution is 2.39. The number of carbonyl (C=O) groups is 3. The maximum absolute atomic E-state index is 12.4. The first-order valence-corrected chi connectivity index (χ1v) is 11.5. The Morgan fingerprint density at radius 3 is 2.68 bits per heavy atom. The number of aromatic nitrogens is 2. The molecule has 8 nitrogen and oxygen atoms in total. The molecule has 0 unspecified atom stereocenters. The van der Waals surface area contributed by atoms with Gasteiger partial charge in [0.05, 0.1) is 17.9 Å². The molecule has 0 saturated carbocycles. The number of amides is 2. The van der Waals surface area contributed by atoms with E-state index in [0.717, 1.165) is 29.7 Å². The van der Waals surface area contributed by atoms with E-state index in [1.807, 2.05) is 0 Å². The van der Waals surface area contributed by atoms with Crippen molar-refractivity contribution in [3.63, 3.8) is 0 Å². The molecule has 3 rings (SSSR count). The summed E-state index contributed by atoms with van der Waals surface area (Å²) in [6.07, 6.45) is 3.14. The van der Waals surface area contributed by atoms with Crippen LogP contribution in [0.15, 0.2) is 4.34 Å². The third-order valence-electron chi connectivity index (χ3n) is 3.95. The van der Waals surface area contributed by atoms with Crippen LogP contribution < -0.4 is 10.6 Å². The first-order valence-electron chi connectivity index (χ1n) is 8.89. The van der Waals surface area contributed by atoms with E-state index in [1.54, 1.807) is 13.8 Å². The first-order chi connectivity index (χ1) is 13.5. The van der Waals surface area contributed by atoms with Crippen LogP contribution in [0.5, 0.6) is 0 Å². The van der Waals surface area contributed by atoms with Crippen molar-refractivity contribution < 1.29 is 19.1 Å². The van der Waals surface area contributed by atoms with Crippen LogP contribution in [-0.4, -0.2) is 40.3 Å². The molecular weight excluding hydrogens is 420 g/mol. The average molecular weight is 441 g/mol. The highest BCUT2D eigenvalue weighted by molar-refractivity contribution is 8.01. The third kappa shape index (κ3) is 4.89. The summed E-state index contributed by atoms with van der Waals surface area (Å²) >= 11 is 3.90. The molecule has 1 aliphatic carbocycles. The lowest BCUT2D eigenvalue weighted by Gasteiger charge is -2.07. The summed E-state index contributed by atoms with van der Waals surface area (Å²) in [5, 5.41) is 14.3. The number of aryl methyl sites for hydroxylation is 1. The number of thioether (sulfide) groups is 1. The third-order valence-corrected chi connectivity index (χ3v) is 7.13. The lowest BCUT2D eigenvalue weighted by molar-refractivity contribution is -0.116. The maximum Gasteiger partial charge on any atom is 0.341 e. The number of nitrogens with one attached hydrogen (secondary N) is 2. The smallest absolute Gasteiger partial charge is 0.341 e. The number of hydrogen-bond acceptors (Lipinski definition) is 9. The van der Waals surface area contributed by atoms with Gasteiger partial charge in [0.1, 0.15) is 5.00 Å². The van der Waals surface area contributed by atoms with Crippen LogP contribution in [0.4, 0.5) is 10.1 Å². The van der Waals surface area contributed by atoms with Gasteiger partial charge in [-0.05, 0) is 31.7 Å². The molecule has 0 aliphatic heterocycles. The Balaban J connectivity index is 1.61. The molecular formula is C17H20N4O4S3. The summed E-state index contributed by atoms with van der Waals surface area (Å²) in [7, 11) is 0. The Morgan fingerprint density at radius 2 is 1.93 bits per heavy atom. The van der Waals surface area contributed by atoms with E-state index in [0.29, 0.717) is 33.1 Å². The van der Waals surface area contributed by atoms with Crippen LogP contribution in [-0.2, 0) is 27.2 Å². The molecule has 0 bridgehead atoms. The molecule has 2 aromatic rings. The van der Waals surface area contributed by atoms with Crippen molar-refractivity contribution in [3.8, 4) is 0 Å². The second kappa shape index (κ2) is 9.48. The molecule has 2 aromatic heterocycles. The van der Waals surface area contributed by atoms with Crippen molar-refractivity contribution >= 4 is 62.4 Å². The molecule has 28 heavy (non-hydrogen) atoms. The summed E-state index contributed by atoms with van der Waals surface area (Å²) in [4.78, 5) is 37.2. The SMILES string of the molecule is CCOC(=O)c1c(NC(=O)CSc2nnc(NC(=O)CC)s2)sc2c1CCC2. The van der Waals surface area contributed by atoms with Crippen LogP contribution in [0.25, 0.3) is 0 Å². The largest absolute Gasteiger partial charge is 0.462 e. The molecule has 0 aromatic carbocycles. The van der Waals surface area contributed by atoms with Gasteiger partial charge in [0, 0.05) is 11.3 Å². The summed E-state index contributed by atoms with van der Waals surface area (Å²) in [6.45, 7) is 3.81. The van der Waals surface area contributed by atoms with Gasteiger partial charge in [0.25, 0.3) is 0 Å². The molecule has 0 saturated heterocycles. The predicted octanol–water partition coefficient (Wildman–Crippen LogP) is 3.34. The van der Waals surface area contributed by atoms with Gasteiger partial charge < -0.3 is 15.4 Å². The molecule has 0 fully saturated rings. The van der Waals surface area contributed by atoms with E-state index in [9.17, 15) is 14.4 Å². The van der Waals surface area contributed by atoms with Crippen molar-refractivity contribution in [1.29, 1.82) is 0 Å². The Bertz CT molecular complexity index is 893. The normalized spacial score (nSPS) is 12.5. The molecule has 0 atom stereocenters. The van der Waals surface area contributed by atoms with Gasteiger partial charge in [-0.25, -0.2) is 4.79 Å². The van der Waals surface area contributed by atoms with Crippen molar-refractivity contribution in [2.24, 2.45) is 0 Å². The van der Waals surface area contributed by atoms with Gasteiger partial charge in [-0.2, -0.15) is 0 Å². The quantitative estimate of drug-likeness (QED) is 0.368. The zero-order valence-corrected chi connectivity index (χ0v) is 17.9. The second-order valence-corrected chi connectivity index (χ2v) is 9.20. The lowest BCUT2D eigenvalue weighted by Crippen LogP contribution is -2.16. The Hall–Kier alpha value is -1.98. The molecule has 0 spiro atoms. The van der Waals surface area contributed by atoms with E-state index in [-0.39, 0.29) is 23.5 Å². The summed E-state index contributed by atoms with van der Waals surface area (Å²) in [6, 6.07) is 0. The molecule has 1 aliphatic rings. The fourth-order valence-electron chi connectivity index (χ4n) is 2.73. The van der Waals surface area contributed by atoms with Gasteiger partial charge in [-0.1, -0.05) is 30.0 Å². The number of esters is 1. The molecule has 2 N–H and O–H groups in total. The minimum absolute atomic E-state index is 0.126. The van der Waals surface area contributed by atoms with E-state index in [4.69, 9.17) is 4.74 Å². The molecule has 2 amide bonds. The summed E-state index contributed by atoms with van der Waals surface area (Å²) < 4.78 is 5.75. The van der Waals surface area contributed by atoms with Crippen LogP contribution in [0.2, 0.25) is 0 Å². The van der Waals surface area contributed by atoms with Crippen LogP contribution in [0.3, 0.4) is 0 Å². The lowest BCUT2D eigenvalue weighted by atomic mass is 10.1. The van der Waals surface area contributed by atoms with Gasteiger partial charge in [-0.3, -0.25) is 9.59 Å². The highest BCUT2D eigenvalue weighted by atomic mass is 32.2. The number of hydrogen-bond donors (Lipinski definition) is 2. The van der Waals surface area contributed by atoms with E-state index in [2.05, 4.69) is 20.8 Å². The number of rotatable bonds is 8. The van der Waals surface area contributed by atoms with Gasteiger partial charge in [0.15, 0.2) is 4.34 Å². The van der Waals surface area contributed by atoms with Gasteiger partial charge >= 0.3 is 5.97 Å². The fraction of sp³-hybridized carbons (Fsp3) is 0.471. The minimum atomic E-state index is -0.384. The van der Waals surface area contributed by atoms with E-state index >= 15 is 0 Å². The Morgan fingerprint density at radius 1 is 1.11 bits per heavy atom. The van der Waals surface area contributed by atoms with E-state index in [1.165, 1.54) is 34.4 Å².